The molecule has 23 heavy (non-hydrogen) atoms. The van der Waals surface area contributed by atoms with Gasteiger partial charge in [-0.1, -0.05) is 12.1 Å². The van der Waals surface area contributed by atoms with Gasteiger partial charge in [-0.2, -0.15) is 0 Å². The fourth-order valence-electron chi connectivity index (χ4n) is 2.59. The third-order valence-electron chi connectivity index (χ3n) is 3.92. The predicted octanol–water partition coefficient (Wildman–Crippen LogP) is 2.65. The molecule has 0 bridgehead atoms. The van der Waals surface area contributed by atoms with E-state index in [-0.39, 0.29) is 5.91 Å². The minimum absolute atomic E-state index is 0.0172. The summed E-state index contributed by atoms with van der Waals surface area (Å²) >= 11 is 3.41. The molecule has 0 saturated carbocycles. The normalized spacial score (nSPS) is 14.9. The number of hydrogen-bond donors (Lipinski definition) is 0. The Balaban J connectivity index is 1.70. The van der Waals surface area contributed by atoms with E-state index in [0.29, 0.717) is 43.3 Å². The van der Waals surface area contributed by atoms with Crippen LogP contribution in [0.25, 0.3) is 0 Å². The van der Waals surface area contributed by atoms with Crippen molar-refractivity contribution < 1.29 is 9.18 Å². The van der Waals surface area contributed by atoms with Gasteiger partial charge in [-0.15, -0.1) is 0 Å². The predicted molar refractivity (Wildman–Crippen MR) is 89.0 cm³/mol. The number of nitrogens with zero attached hydrogens (tertiary/aromatic N) is 4. The highest BCUT2D eigenvalue weighted by Gasteiger charge is 2.25. The summed E-state index contributed by atoms with van der Waals surface area (Å²) in [6, 6.07) is 7.36. The second-order valence-corrected chi connectivity index (χ2v) is 6.21. The maximum absolute atomic E-state index is 14.1. The molecule has 1 aromatic heterocycles. The lowest BCUT2D eigenvalue weighted by molar-refractivity contribution is 0.0745. The van der Waals surface area contributed by atoms with Crippen LogP contribution in [0.2, 0.25) is 0 Å². The van der Waals surface area contributed by atoms with E-state index in [9.17, 15) is 9.18 Å². The Kier molecular flexibility index (Phi) is 4.56. The summed E-state index contributed by atoms with van der Waals surface area (Å²) in [6.07, 6.45) is 1.37. The number of aryl methyl sites for hydroxylation is 1. The van der Waals surface area contributed by atoms with Crippen LogP contribution in [0.3, 0.4) is 0 Å². The molecule has 1 fully saturated rings. The van der Waals surface area contributed by atoms with Crippen molar-refractivity contribution in [2.75, 3.05) is 31.1 Å². The summed E-state index contributed by atoms with van der Waals surface area (Å²) < 4.78 is 14.9. The van der Waals surface area contributed by atoms with Gasteiger partial charge in [0.2, 0.25) is 0 Å². The number of aromatic nitrogens is 2. The average Bonchev–Trinajstić information content (AvgIpc) is 2.57. The van der Waals surface area contributed by atoms with Gasteiger partial charge in [0.1, 0.15) is 6.33 Å². The van der Waals surface area contributed by atoms with Crippen LogP contribution in [-0.4, -0.2) is 47.0 Å². The van der Waals surface area contributed by atoms with E-state index in [1.807, 2.05) is 23.1 Å². The monoisotopic (exact) mass is 378 g/mol. The quantitative estimate of drug-likeness (QED) is 0.805. The van der Waals surface area contributed by atoms with Crippen molar-refractivity contribution in [1.29, 1.82) is 0 Å². The smallest absolute Gasteiger partial charge is 0.255 e. The highest BCUT2D eigenvalue weighted by atomic mass is 79.9. The first-order valence-corrected chi connectivity index (χ1v) is 8.13. The second-order valence-electron chi connectivity index (χ2n) is 5.36. The lowest BCUT2D eigenvalue weighted by Crippen LogP contribution is -2.49. The van der Waals surface area contributed by atoms with Crippen molar-refractivity contribution >= 4 is 27.7 Å². The fraction of sp³-hybridized carbons (Fsp3) is 0.312. The van der Waals surface area contributed by atoms with Crippen LogP contribution in [-0.2, 0) is 0 Å². The molecular formula is C16H16BrFN4O. The molecule has 0 spiro atoms. The molecule has 1 aromatic carbocycles. The van der Waals surface area contributed by atoms with Crippen LogP contribution in [0, 0.1) is 12.7 Å². The van der Waals surface area contributed by atoms with Crippen molar-refractivity contribution in [2.24, 2.45) is 0 Å². The average molecular weight is 379 g/mol. The van der Waals surface area contributed by atoms with Gasteiger partial charge in [0, 0.05) is 30.7 Å². The van der Waals surface area contributed by atoms with Crippen LogP contribution in [0.4, 0.5) is 10.2 Å². The number of carbonyl (C=O) groups excluding carboxylic acids is 1. The van der Waals surface area contributed by atoms with Crippen LogP contribution < -0.4 is 4.90 Å². The molecule has 7 heteroatoms. The van der Waals surface area contributed by atoms with Crippen molar-refractivity contribution in [3.8, 4) is 0 Å². The van der Waals surface area contributed by atoms with E-state index in [2.05, 4.69) is 25.9 Å². The van der Waals surface area contributed by atoms with E-state index in [1.165, 1.54) is 6.33 Å². The molecule has 0 N–H and O–H groups in total. The van der Waals surface area contributed by atoms with Gasteiger partial charge in [0.25, 0.3) is 5.91 Å². The first kappa shape index (κ1) is 15.9. The van der Waals surface area contributed by atoms with Gasteiger partial charge < -0.3 is 9.80 Å². The summed E-state index contributed by atoms with van der Waals surface area (Å²) in [7, 11) is 0. The molecule has 1 amide bonds. The van der Waals surface area contributed by atoms with E-state index >= 15 is 0 Å². The first-order valence-electron chi connectivity index (χ1n) is 7.34. The van der Waals surface area contributed by atoms with Crippen molar-refractivity contribution in [3.05, 3.63) is 52.1 Å². The maximum atomic E-state index is 14.1. The molecule has 0 radical (unpaired) electrons. The number of amides is 1. The summed E-state index contributed by atoms with van der Waals surface area (Å²) in [5, 5.41) is 0. The Morgan fingerprint density at radius 3 is 2.57 bits per heavy atom. The summed E-state index contributed by atoms with van der Waals surface area (Å²) in [6.45, 7) is 3.77. The Morgan fingerprint density at radius 2 is 1.87 bits per heavy atom. The van der Waals surface area contributed by atoms with Gasteiger partial charge in [-0.05, 0) is 35.0 Å². The standard InChI is InChI=1S/C16H16BrFN4O/c1-11-14(18)15(20-10-19-11)21-6-8-22(9-7-21)16(23)12-4-2-3-5-13(12)17/h2-5,10H,6-9H2,1H3. The molecule has 3 rings (SSSR count). The molecule has 0 atom stereocenters. The number of rotatable bonds is 2. The molecule has 0 unspecified atom stereocenters. The highest BCUT2D eigenvalue weighted by molar-refractivity contribution is 9.10. The highest BCUT2D eigenvalue weighted by Crippen LogP contribution is 2.21. The number of carbonyl (C=O) groups is 1. The minimum Gasteiger partial charge on any atom is -0.351 e. The Hall–Kier alpha value is -2.02. The lowest BCUT2D eigenvalue weighted by atomic mass is 10.2. The SMILES string of the molecule is Cc1ncnc(N2CCN(C(=O)c3ccccc3Br)CC2)c1F. The van der Waals surface area contributed by atoms with E-state index in [1.54, 1.807) is 17.9 Å². The lowest BCUT2D eigenvalue weighted by Gasteiger charge is -2.35. The number of halogens is 2. The largest absolute Gasteiger partial charge is 0.351 e. The molecule has 0 aliphatic carbocycles. The van der Waals surface area contributed by atoms with Gasteiger partial charge in [-0.25, -0.2) is 14.4 Å². The molecule has 2 heterocycles. The number of benzene rings is 1. The van der Waals surface area contributed by atoms with Crippen LogP contribution in [0.15, 0.2) is 35.1 Å². The van der Waals surface area contributed by atoms with Gasteiger partial charge >= 0.3 is 0 Å². The maximum Gasteiger partial charge on any atom is 0.255 e. The topological polar surface area (TPSA) is 49.3 Å². The van der Waals surface area contributed by atoms with Gasteiger partial charge in [-0.3, -0.25) is 4.79 Å². The summed E-state index contributed by atoms with van der Waals surface area (Å²) in [4.78, 5) is 24.1. The minimum atomic E-state index is -0.391. The zero-order valence-electron chi connectivity index (χ0n) is 12.7. The molecule has 2 aromatic rings. The third kappa shape index (κ3) is 3.19. The van der Waals surface area contributed by atoms with Crippen molar-refractivity contribution in [1.82, 2.24) is 14.9 Å². The van der Waals surface area contributed by atoms with Crippen LogP contribution in [0.1, 0.15) is 16.1 Å². The zero-order chi connectivity index (χ0) is 16.4. The molecular weight excluding hydrogens is 363 g/mol. The Bertz CT molecular complexity index is 732. The number of hydrogen-bond acceptors (Lipinski definition) is 4. The molecule has 5 nitrogen and oxygen atoms in total. The fourth-order valence-corrected chi connectivity index (χ4v) is 3.05. The summed E-state index contributed by atoms with van der Waals surface area (Å²) in [5.74, 6) is -0.0972. The number of piperazine rings is 1. The van der Waals surface area contributed by atoms with E-state index in [4.69, 9.17) is 0 Å². The molecule has 120 valence electrons. The van der Waals surface area contributed by atoms with Crippen molar-refractivity contribution in [2.45, 2.75) is 6.92 Å². The molecule has 1 aliphatic rings. The number of anilines is 1. The molecule has 1 aliphatic heterocycles. The van der Waals surface area contributed by atoms with Gasteiger partial charge in [0.15, 0.2) is 11.6 Å². The van der Waals surface area contributed by atoms with Crippen molar-refractivity contribution in [3.63, 3.8) is 0 Å². The van der Waals surface area contributed by atoms with Crippen LogP contribution in [0.5, 0.6) is 0 Å². The summed E-state index contributed by atoms with van der Waals surface area (Å²) in [5.41, 5.74) is 0.978. The third-order valence-corrected chi connectivity index (χ3v) is 4.61. The van der Waals surface area contributed by atoms with E-state index in [0.717, 1.165) is 4.47 Å². The Labute approximate surface area is 142 Å². The second kappa shape index (κ2) is 6.62. The van der Waals surface area contributed by atoms with E-state index < -0.39 is 5.82 Å². The van der Waals surface area contributed by atoms with Gasteiger partial charge in [0.05, 0.1) is 11.3 Å². The Morgan fingerprint density at radius 1 is 1.17 bits per heavy atom. The first-order chi connectivity index (χ1) is 11.1. The zero-order valence-corrected chi connectivity index (χ0v) is 14.3. The molecule has 1 saturated heterocycles. The van der Waals surface area contributed by atoms with Crippen LogP contribution >= 0.6 is 15.9 Å².